The molecule has 0 atom stereocenters. The van der Waals surface area contributed by atoms with Crippen molar-refractivity contribution < 1.29 is 4.79 Å². The number of benzene rings is 4. The molecule has 4 aromatic carbocycles. The van der Waals surface area contributed by atoms with Crippen LogP contribution in [0.2, 0.25) is 5.02 Å². The van der Waals surface area contributed by atoms with Gasteiger partial charge in [0.05, 0.1) is 12.6 Å². The zero-order valence-electron chi connectivity index (χ0n) is 14.5. The molecule has 0 aromatic heterocycles. The number of hydrogen-bond acceptors (Lipinski definition) is 2. The molecule has 0 saturated carbocycles. The summed E-state index contributed by atoms with van der Waals surface area (Å²) >= 11 is 5.87. The van der Waals surface area contributed by atoms with Crippen molar-refractivity contribution in [2.45, 2.75) is 6.42 Å². The SMILES string of the molecule is O=C(Cc1ccc(Cl)cc1)NN=Cc1c2ccccc2cc2ccccc12. The number of carbonyl (C=O) groups excluding carboxylic acids is 1. The van der Waals surface area contributed by atoms with Gasteiger partial charge in [-0.3, -0.25) is 4.79 Å². The molecule has 27 heavy (non-hydrogen) atoms. The second-order valence-electron chi connectivity index (χ2n) is 6.33. The molecule has 0 saturated heterocycles. The van der Waals surface area contributed by atoms with Crippen molar-refractivity contribution in [2.75, 3.05) is 0 Å². The Morgan fingerprint density at radius 1 is 0.889 bits per heavy atom. The highest BCUT2D eigenvalue weighted by atomic mass is 35.5. The number of hydrazone groups is 1. The summed E-state index contributed by atoms with van der Waals surface area (Å²) in [4.78, 5) is 12.2. The lowest BCUT2D eigenvalue weighted by molar-refractivity contribution is -0.120. The fraction of sp³-hybridized carbons (Fsp3) is 0.0435. The van der Waals surface area contributed by atoms with Crippen LogP contribution in [0, 0.1) is 0 Å². The van der Waals surface area contributed by atoms with Crippen molar-refractivity contribution in [3.8, 4) is 0 Å². The molecule has 0 aliphatic heterocycles. The third kappa shape index (κ3) is 3.83. The van der Waals surface area contributed by atoms with Gasteiger partial charge in [-0.05, 0) is 45.3 Å². The molecular weight excluding hydrogens is 356 g/mol. The highest BCUT2D eigenvalue weighted by Crippen LogP contribution is 2.27. The molecule has 0 fully saturated rings. The smallest absolute Gasteiger partial charge is 0.244 e. The maximum Gasteiger partial charge on any atom is 0.244 e. The van der Waals surface area contributed by atoms with E-state index in [1.54, 1.807) is 18.3 Å². The Bertz CT molecular complexity index is 1100. The van der Waals surface area contributed by atoms with E-state index in [9.17, 15) is 4.79 Å². The quantitative estimate of drug-likeness (QED) is 0.293. The summed E-state index contributed by atoms with van der Waals surface area (Å²) < 4.78 is 0. The topological polar surface area (TPSA) is 41.5 Å². The minimum Gasteiger partial charge on any atom is -0.273 e. The molecule has 4 heteroatoms. The minimum atomic E-state index is -0.168. The average Bonchev–Trinajstić information content (AvgIpc) is 2.69. The van der Waals surface area contributed by atoms with Crippen molar-refractivity contribution >= 4 is 45.3 Å². The van der Waals surface area contributed by atoms with Gasteiger partial charge in [0, 0.05) is 10.6 Å². The van der Waals surface area contributed by atoms with Crippen LogP contribution < -0.4 is 5.43 Å². The first-order valence-electron chi connectivity index (χ1n) is 8.67. The third-order valence-corrected chi connectivity index (χ3v) is 4.73. The molecule has 0 aliphatic rings. The number of nitrogens with one attached hydrogen (secondary N) is 1. The van der Waals surface area contributed by atoms with Gasteiger partial charge in [0.1, 0.15) is 0 Å². The first-order chi connectivity index (χ1) is 13.2. The van der Waals surface area contributed by atoms with Gasteiger partial charge in [0.2, 0.25) is 5.91 Å². The first kappa shape index (κ1) is 17.3. The maximum atomic E-state index is 12.2. The molecule has 0 spiro atoms. The molecule has 0 heterocycles. The Morgan fingerprint density at radius 3 is 2.11 bits per heavy atom. The Labute approximate surface area is 162 Å². The number of rotatable bonds is 4. The normalized spacial score (nSPS) is 11.3. The van der Waals surface area contributed by atoms with E-state index in [1.807, 2.05) is 36.4 Å². The number of halogens is 1. The fourth-order valence-electron chi connectivity index (χ4n) is 3.18. The Balaban J connectivity index is 1.60. The molecule has 4 rings (SSSR count). The first-order valence-corrected chi connectivity index (χ1v) is 9.05. The van der Waals surface area contributed by atoms with Crippen molar-refractivity contribution in [3.05, 3.63) is 95.0 Å². The number of fused-ring (bicyclic) bond motifs is 2. The zero-order valence-corrected chi connectivity index (χ0v) is 15.3. The Morgan fingerprint density at radius 2 is 1.48 bits per heavy atom. The Kier molecular flexibility index (Phi) is 4.86. The molecule has 0 radical (unpaired) electrons. The van der Waals surface area contributed by atoms with Gasteiger partial charge < -0.3 is 0 Å². The fourth-order valence-corrected chi connectivity index (χ4v) is 3.31. The van der Waals surface area contributed by atoms with E-state index >= 15 is 0 Å². The van der Waals surface area contributed by atoms with Gasteiger partial charge in [-0.25, -0.2) is 5.43 Å². The lowest BCUT2D eigenvalue weighted by Crippen LogP contribution is -2.19. The third-order valence-electron chi connectivity index (χ3n) is 4.47. The maximum absolute atomic E-state index is 12.2. The zero-order chi connectivity index (χ0) is 18.6. The van der Waals surface area contributed by atoms with Crippen LogP contribution >= 0.6 is 11.6 Å². The highest BCUT2D eigenvalue weighted by molar-refractivity contribution is 6.30. The Hall–Kier alpha value is -3.17. The van der Waals surface area contributed by atoms with Gasteiger partial charge >= 0.3 is 0 Å². The number of carbonyl (C=O) groups is 1. The molecular formula is C23H17ClN2O. The van der Waals surface area contributed by atoms with E-state index in [0.29, 0.717) is 5.02 Å². The van der Waals surface area contributed by atoms with Crippen molar-refractivity contribution in [1.29, 1.82) is 0 Å². The number of nitrogens with zero attached hydrogens (tertiary/aromatic N) is 1. The van der Waals surface area contributed by atoms with Crippen molar-refractivity contribution in [3.63, 3.8) is 0 Å². The lowest BCUT2D eigenvalue weighted by Gasteiger charge is -2.08. The van der Waals surface area contributed by atoms with E-state index < -0.39 is 0 Å². The van der Waals surface area contributed by atoms with Gasteiger partial charge in [0.25, 0.3) is 0 Å². The molecule has 132 valence electrons. The molecule has 1 amide bonds. The molecule has 4 aromatic rings. The van der Waals surface area contributed by atoms with Crippen LogP contribution in [0.3, 0.4) is 0 Å². The van der Waals surface area contributed by atoms with Crippen LogP contribution in [0.25, 0.3) is 21.5 Å². The summed E-state index contributed by atoms with van der Waals surface area (Å²) in [7, 11) is 0. The second kappa shape index (κ2) is 7.60. The summed E-state index contributed by atoms with van der Waals surface area (Å²) in [6.45, 7) is 0. The highest BCUT2D eigenvalue weighted by Gasteiger charge is 2.06. The summed E-state index contributed by atoms with van der Waals surface area (Å²) in [5.41, 5.74) is 4.51. The molecule has 3 nitrogen and oxygen atoms in total. The molecule has 1 N–H and O–H groups in total. The van der Waals surface area contributed by atoms with Crippen molar-refractivity contribution in [1.82, 2.24) is 5.43 Å². The largest absolute Gasteiger partial charge is 0.273 e. The van der Waals surface area contributed by atoms with Gasteiger partial charge in [-0.15, -0.1) is 0 Å². The summed E-state index contributed by atoms with van der Waals surface area (Å²) in [5, 5.41) is 9.35. The predicted octanol–water partition coefficient (Wildman–Crippen LogP) is 5.34. The molecule has 0 bridgehead atoms. The van der Waals surface area contributed by atoms with E-state index in [1.165, 1.54) is 0 Å². The van der Waals surface area contributed by atoms with Crippen LogP contribution in [0.5, 0.6) is 0 Å². The summed E-state index contributed by atoms with van der Waals surface area (Å²) in [6, 6.07) is 25.7. The lowest BCUT2D eigenvalue weighted by atomic mass is 9.97. The van der Waals surface area contributed by atoms with Crippen LogP contribution in [0.1, 0.15) is 11.1 Å². The predicted molar refractivity (Wildman–Crippen MR) is 112 cm³/mol. The van der Waals surface area contributed by atoms with Crippen molar-refractivity contribution in [2.24, 2.45) is 5.10 Å². The standard InChI is InChI=1S/C23H17ClN2O/c24-19-11-9-16(10-12-19)13-23(27)26-25-15-22-20-7-3-1-5-17(20)14-18-6-2-4-8-21(18)22/h1-12,14-15H,13H2,(H,26,27). The number of amides is 1. The van der Waals surface area contributed by atoms with E-state index in [4.69, 9.17) is 11.6 Å². The van der Waals surface area contributed by atoms with Crippen LogP contribution in [-0.4, -0.2) is 12.1 Å². The number of hydrogen-bond donors (Lipinski definition) is 1. The van der Waals surface area contributed by atoms with Crippen LogP contribution in [0.4, 0.5) is 0 Å². The van der Waals surface area contributed by atoms with Gasteiger partial charge in [-0.2, -0.15) is 5.10 Å². The molecule has 0 unspecified atom stereocenters. The monoisotopic (exact) mass is 372 g/mol. The summed E-state index contributed by atoms with van der Waals surface area (Å²) in [6.07, 6.45) is 1.98. The minimum absolute atomic E-state index is 0.168. The molecule has 0 aliphatic carbocycles. The van der Waals surface area contributed by atoms with Crippen LogP contribution in [0.15, 0.2) is 84.0 Å². The average molecular weight is 373 g/mol. The van der Waals surface area contributed by atoms with Gasteiger partial charge in [0.15, 0.2) is 0 Å². The van der Waals surface area contributed by atoms with E-state index in [0.717, 1.165) is 32.7 Å². The van der Waals surface area contributed by atoms with E-state index in [2.05, 4.69) is 40.9 Å². The van der Waals surface area contributed by atoms with Crippen LogP contribution in [-0.2, 0) is 11.2 Å². The summed E-state index contributed by atoms with van der Waals surface area (Å²) in [5.74, 6) is -0.168. The second-order valence-corrected chi connectivity index (χ2v) is 6.77. The van der Waals surface area contributed by atoms with E-state index in [-0.39, 0.29) is 12.3 Å². The van der Waals surface area contributed by atoms with Gasteiger partial charge in [-0.1, -0.05) is 72.3 Å².